The Balaban J connectivity index is 2.22. The lowest BCUT2D eigenvalue weighted by Crippen LogP contribution is -2.05. The van der Waals surface area contributed by atoms with Crippen molar-refractivity contribution in [3.8, 4) is 22.3 Å². The van der Waals surface area contributed by atoms with E-state index in [-0.39, 0.29) is 5.56 Å². The van der Waals surface area contributed by atoms with E-state index in [2.05, 4.69) is 36.8 Å². The first-order chi connectivity index (χ1) is 12.2. The SMILES string of the molecule is CS(=O)(=O)c1c(F)cc(-c2cnccc2-c2ccc(Br)c(Br)c2)cc1F. The Kier molecular flexibility index (Phi) is 5.28. The third kappa shape index (κ3) is 3.72. The Bertz CT molecular complexity index is 1090. The lowest BCUT2D eigenvalue weighted by molar-refractivity contribution is 0.522. The molecule has 0 unspecified atom stereocenters. The standard InChI is InChI=1S/C18H11Br2F2NO2S/c1-26(24,25)18-16(21)7-11(8-17(18)22)13-9-23-5-4-12(13)10-2-3-14(19)15(20)6-10/h2-9H,1H3. The molecule has 0 aliphatic heterocycles. The summed E-state index contributed by atoms with van der Waals surface area (Å²) in [6, 6.07) is 9.30. The molecule has 0 atom stereocenters. The van der Waals surface area contributed by atoms with Gasteiger partial charge in [0.05, 0.1) is 0 Å². The van der Waals surface area contributed by atoms with Crippen LogP contribution < -0.4 is 0 Å². The monoisotopic (exact) mass is 501 g/mol. The van der Waals surface area contributed by atoms with Crippen molar-refractivity contribution in [1.82, 2.24) is 4.98 Å². The number of hydrogen-bond acceptors (Lipinski definition) is 3. The van der Waals surface area contributed by atoms with E-state index in [0.29, 0.717) is 11.1 Å². The molecule has 134 valence electrons. The summed E-state index contributed by atoms with van der Waals surface area (Å²) in [6.45, 7) is 0. The van der Waals surface area contributed by atoms with Gasteiger partial charge in [-0.2, -0.15) is 0 Å². The van der Waals surface area contributed by atoms with Crippen LogP contribution in [0.15, 0.2) is 62.6 Å². The van der Waals surface area contributed by atoms with Gasteiger partial charge in [-0.3, -0.25) is 4.98 Å². The predicted octanol–water partition coefficient (Wildman–Crippen LogP) is 5.62. The van der Waals surface area contributed by atoms with E-state index in [1.165, 1.54) is 6.20 Å². The molecule has 0 amide bonds. The molecule has 0 radical (unpaired) electrons. The van der Waals surface area contributed by atoms with Crippen LogP contribution in [0.25, 0.3) is 22.3 Å². The van der Waals surface area contributed by atoms with Gasteiger partial charge in [0.25, 0.3) is 0 Å². The fraction of sp³-hybridized carbons (Fsp3) is 0.0556. The zero-order valence-corrected chi connectivity index (χ0v) is 17.3. The number of nitrogens with zero attached hydrogens (tertiary/aromatic N) is 1. The minimum absolute atomic E-state index is 0.203. The van der Waals surface area contributed by atoms with Crippen LogP contribution in [0.2, 0.25) is 0 Å². The first-order valence-electron chi connectivity index (χ1n) is 7.27. The van der Waals surface area contributed by atoms with E-state index in [0.717, 1.165) is 32.9 Å². The molecule has 0 aliphatic rings. The molecule has 26 heavy (non-hydrogen) atoms. The first-order valence-corrected chi connectivity index (χ1v) is 10.7. The number of aromatic nitrogens is 1. The van der Waals surface area contributed by atoms with Gasteiger partial charge in [-0.05, 0) is 78.9 Å². The Morgan fingerprint density at radius 1 is 0.885 bits per heavy atom. The summed E-state index contributed by atoms with van der Waals surface area (Å²) < 4.78 is 53.4. The number of halogens is 4. The van der Waals surface area contributed by atoms with E-state index in [1.54, 1.807) is 12.3 Å². The van der Waals surface area contributed by atoms with Crippen LogP contribution in [0.5, 0.6) is 0 Å². The molecule has 3 nitrogen and oxygen atoms in total. The third-order valence-corrected chi connectivity index (χ3v) is 6.74. The van der Waals surface area contributed by atoms with Crippen molar-refractivity contribution in [2.24, 2.45) is 0 Å². The summed E-state index contributed by atoms with van der Waals surface area (Å²) in [7, 11) is -4.01. The zero-order valence-electron chi connectivity index (χ0n) is 13.3. The normalized spacial score (nSPS) is 11.6. The lowest BCUT2D eigenvalue weighted by Gasteiger charge is -2.12. The molecule has 0 fully saturated rings. The highest BCUT2D eigenvalue weighted by molar-refractivity contribution is 9.13. The van der Waals surface area contributed by atoms with Crippen LogP contribution in [0.4, 0.5) is 8.78 Å². The lowest BCUT2D eigenvalue weighted by atomic mass is 9.96. The van der Waals surface area contributed by atoms with Gasteiger partial charge in [-0.1, -0.05) is 6.07 Å². The number of hydrogen-bond donors (Lipinski definition) is 0. The third-order valence-electron chi connectivity index (χ3n) is 3.73. The van der Waals surface area contributed by atoms with Crippen LogP contribution in [0, 0.1) is 11.6 Å². The van der Waals surface area contributed by atoms with Crippen molar-refractivity contribution in [1.29, 1.82) is 0 Å². The second-order valence-corrected chi connectivity index (χ2v) is 9.25. The number of sulfone groups is 1. The smallest absolute Gasteiger partial charge is 0.181 e. The van der Waals surface area contributed by atoms with Crippen LogP contribution in [0.1, 0.15) is 0 Å². The number of benzene rings is 2. The zero-order chi connectivity index (χ0) is 19.1. The molecule has 3 rings (SSSR count). The summed E-state index contributed by atoms with van der Waals surface area (Å²) >= 11 is 6.83. The first kappa shape index (κ1) is 19.1. The van der Waals surface area contributed by atoms with Gasteiger partial charge >= 0.3 is 0 Å². The van der Waals surface area contributed by atoms with E-state index in [1.807, 2.05) is 18.2 Å². The van der Waals surface area contributed by atoms with Gasteiger partial charge in [0.15, 0.2) is 9.84 Å². The summed E-state index contributed by atoms with van der Waals surface area (Å²) in [5.74, 6) is -2.26. The van der Waals surface area contributed by atoms with E-state index in [9.17, 15) is 17.2 Å². The number of pyridine rings is 1. The van der Waals surface area contributed by atoms with Crippen LogP contribution >= 0.6 is 31.9 Å². The van der Waals surface area contributed by atoms with E-state index in [4.69, 9.17) is 0 Å². The molecule has 8 heteroatoms. The minimum atomic E-state index is -4.01. The molecule has 3 aromatic rings. The summed E-state index contributed by atoms with van der Waals surface area (Å²) in [5.41, 5.74) is 2.21. The Labute approximate surface area is 166 Å². The van der Waals surface area contributed by atoms with E-state index < -0.39 is 26.4 Å². The molecule has 0 saturated heterocycles. The van der Waals surface area contributed by atoms with Crippen LogP contribution in [0.3, 0.4) is 0 Å². The average molecular weight is 503 g/mol. The molecular formula is C18H11Br2F2NO2S. The Morgan fingerprint density at radius 2 is 1.54 bits per heavy atom. The van der Waals surface area contributed by atoms with Crippen molar-refractivity contribution in [3.05, 3.63) is 69.4 Å². The van der Waals surface area contributed by atoms with Crippen LogP contribution in [-0.2, 0) is 9.84 Å². The maximum Gasteiger partial charge on any atom is 0.181 e. The number of rotatable bonds is 3. The summed E-state index contributed by atoms with van der Waals surface area (Å²) in [5, 5.41) is 0. The Hall–Kier alpha value is -1.64. The van der Waals surface area contributed by atoms with Crippen molar-refractivity contribution < 1.29 is 17.2 Å². The topological polar surface area (TPSA) is 47.0 Å². The fourth-order valence-corrected chi connectivity index (χ4v) is 4.06. The highest BCUT2D eigenvalue weighted by Gasteiger charge is 2.22. The van der Waals surface area contributed by atoms with Gasteiger partial charge in [-0.15, -0.1) is 0 Å². The quantitative estimate of drug-likeness (QED) is 0.466. The van der Waals surface area contributed by atoms with Crippen molar-refractivity contribution in [2.75, 3.05) is 6.26 Å². The fourth-order valence-electron chi connectivity index (χ4n) is 2.61. The van der Waals surface area contributed by atoms with E-state index >= 15 is 0 Å². The summed E-state index contributed by atoms with van der Waals surface area (Å²) in [6.07, 6.45) is 3.83. The molecule has 0 bridgehead atoms. The highest BCUT2D eigenvalue weighted by Crippen LogP contribution is 2.36. The minimum Gasteiger partial charge on any atom is -0.264 e. The molecule has 0 saturated carbocycles. The molecular weight excluding hydrogens is 492 g/mol. The van der Waals surface area contributed by atoms with Crippen molar-refractivity contribution in [3.63, 3.8) is 0 Å². The van der Waals surface area contributed by atoms with Gasteiger partial charge in [-0.25, -0.2) is 17.2 Å². The predicted molar refractivity (Wildman–Crippen MR) is 104 cm³/mol. The van der Waals surface area contributed by atoms with Crippen molar-refractivity contribution in [2.45, 2.75) is 4.90 Å². The average Bonchev–Trinajstić information content (AvgIpc) is 2.55. The van der Waals surface area contributed by atoms with Crippen LogP contribution in [-0.4, -0.2) is 19.7 Å². The van der Waals surface area contributed by atoms with Gasteiger partial charge in [0.1, 0.15) is 16.5 Å². The molecule has 2 aromatic carbocycles. The van der Waals surface area contributed by atoms with Crippen molar-refractivity contribution >= 4 is 41.7 Å². The van der Waals surface area contributed by atoms with Gasteiger partial charge < -0.3 is 0 Å². The van der Waals surface area contributed by atoms with Gasteiger partial charge in [0, 0.05) is 33.2 Å². The molecule has 0 aliphatic carbocycles. The largest absolute Gasteiger partial charge is 0.264 e. The maximum absolute atomic E-state index is 14.3. The molecule has 0 N–H and O–H groups in total. The molecule has 0 spiro atoms. The molecule has 1 aromatic heterocycles. The highest BCUT2D eigenvalue weighted by atomic mass is 79.9. The maximum atomic E-state index is 14.3. The molecule has 1 heterocycles. The Morgan fingerprint density at radius 3 is 2.12 bits per heavy atom. The summed E-state index contributed by atoms with van der Waals surface area (Å²) in [4.78, 5) is 3.10. The second kappa shape index (κ2) is 7.17. The van der Waals surface area contributed by atoms with Gasteiger partial charge in [0.2, 0.25) is 0 Å². The second-order valence-electron chi connectivity index (χ2n) is 5.59.